The second-order valence-corrected chi connectivity index (χ2v) is 3.21. The minimum Gasteiger partial charge on any atom is -0.382 e. The third kappa shape index (κ3) is 14.8. The third-order valence-corrected chi connectivity index (χ3v) is 2.14. The molecule has 0 fully saturated rings. The van der Waals surface area contributed by atoms with E-state index in [1.54, 1.807) is 0 Å². The van der Waals surface area contributed by atoms with Gasteiger partial charge in [-0.25, -0.2) is 0 Å². The van der Waals surface area contributed by atoms with Crippen molar-refractivity contribution in [3.05, 3.63) is 0 Å². The zero-order chi connectivity index (χ0) is 10.5. The van der Waals surface area contributed by atoms with E-state index in [2.05, 4.69) is 20.8 Å². The molecular formula is C12H28O. The quantitative estimate of drug-likeness (QED) is 0.542. The number of rotatable bonds is 7. The molecule has 0 N–H and O–H groups in total. The van der Waals surface area contributed by atoms with Crippen LogP contribution < -0.4 is 0 Å². The maximum Gasteiger partial charge on any atom is 0.0465 e. The van der Waals surface area contributed by atoms with E-state index in [-0.39, 0.29) is 0 Å². The molecule has 0 aromatic heterocycles. The Bertz CT molecular complexity index is 71.5. The molecule has 82 valence electrons. The molecule has 0 saturated heterocycles. The van der Waals surface area contributed by atoms with Gasteiger partial charge in [0.15, 0.2) is 0 Å². The zero-order valence-electron chi connectivity index (χ0n) is 10.2. The first-order chi connectivity index (χ1) is 6.31. The Morgan fingerprint density at radius 1 is 1.08 bits per heavy atom. The van der Waals surface area contributed by atoms with Gasteiger partial charge in [-0.3, -0.25) is 0 Å². The number of unbranched alkanes of at least 4 members (excludes halogenated alkanes) is 1. The van der Waals surface area contributed by atoms with Crippen molar-refractivity contribution in [2.45, 2.75) is 60.3 Å². The third-order valence-electron chi connectivity index (χ3n) is 2.14. The van der Waals surface area contributed by atoms with Crippen molar-refractivity contribution in [3.63, 3.8) is 0 Å². The standard InChI is InChI=1S/C10H22O.C2H6/c1-4-10(3)8-6-7-9-11-5-2;1-2/h10H,4-9H2,1-3H3;1-2H3. The van der Waals surface area contributed by atoms with Gasteiger partial charge in [0.05, 0.1) is 0 Å². The van der Waals surface area contributed by atoms with E-state index in [1.165, 1.54) is 25.7 Å². The predicted molar refractivity (Wildman–Crippen MR) is 61.1 cm³/mol. The molecular weight excluding hydrogens is 160 g/mol. The Labute approximate surface area is 84.9 Å². The van der Waals surface area contributed by atoms with E-state index < -0.39 is 0 Å². The van der Waals surface area contributed by atoms with Crippen molar-refractivity contribution in [1.29, 1.82) is 0 Å². The van der Waals surface area contributed by atoms with Crippen molar-refractivity contribution in [3.8, 4) is 0 Å². The molecule has 0 aliphatic carbocycles. The highest BCUT2D eigenvalue weighted by Gasteiger charge is 1.97. The summed E-state index contributed by atoms with van der Waals surface area (Å²) in [6.07, 6.45) is 5.24. The smallest absolute Gasteiger partial charge is 0.0465 e. The fraction of sp³-hybridized carbons (Fsp3) is 1.00. The van der Waals surface area contributed by atoms with E-state index in [9.17, 15) is 0 Å². The van der Waals surface area contributed by atoms with E-state index in [1.807, 2.05) is 13.8 Å². The summed E-state index contributed by atoms with van der Waals surface area (Å²) in [7, 11) is 0. The molecule has 0 amide bonds. The van der Waals surface area contributed by atoms with Gasteiger partial charge in [-0.15, -0.1) is 0 Å². The minimum absolute atomic E-state index is 0.864. The monoisotopic (exact) mass is 188 g/mol. The molecule has 0 radical (unpaired) electrons. The van der Waals surface area contributed by atoms with E-state index in [0.29, 0.717) is 0 Å². The fourth-order valence-corrected chi connectivity index (χ4v) is 1.05. The highest BCUT2D eigenvalue weighted by molar-refractivity contribution is 4.49. The number of hydrogen-bond acceptors (Lipinski definition) is 1. The average Bonchev–Trinajstić information content (AvgIpc) is 2.20. The van der Waals surface area contributed by atoms with Crippen LogP contribution in [-0.2, 0) is 4.74 Å². The van der Waals surface area contributed by atoms with Crippen LogP contribution in [0.1, 0.15) is 60.3 Å². The van der Waals surface area contributed by atoms with Crippen molar-refractivity contribution in [1.82, 2.24) is 0 Å². The van der Waals surface area contributed by atoms with Crippen LogP contribution in [0.5, 0.6) is 0 Å². The Kier molecular flexibility index (Phi) is 17.2. The lowest BCUT2D eigenvalue weighted by atomic mass is 10.0. The van der Waals surface area contributed by atoms with Crippen LogP contribution in [-0.4, -0.2) is 13.2 Å². The first-order valence-corrected chi connectivity index (χ1v) is 5.89. The lowest BCUT2D eigenvalue weighted by Crippen LogP contribution is -1.96. The summed E-state index contributed by atoms with van der Waals surface area (Å²) < 4.78 is 5.25. The molecule has 0 heterocycles. The Morgan fingerprint density at radius 3 is 2.15 bits per heavy atom. The van der Waals surface area contributed by atoms with Gasteiger partial charge in [0.2, 0.25) is 0 Å². The van der Waals surface area contributed by atoms with Gasteiger partial charge in [0.1, 0.15) is 0 Å². The molecule has 0 bridgehead atoms. The van der Waals surface area contributed by atoms with Crippen molar-refractivity contribution in [2.75, 3.05) is 13.2 Å². The summed E-state index contributed by atoms with van der Waals surface area (Å²) in [5.41, 5.74) is 0. The molecule has 13 heavy (non-hydrogen) atoms. The maximum atomic E-state index is 5.25. The fourth-order valence-electron chi connectivity index (χ4n) is 1.05. The van der Waals surface area contributed by atoms with Crippen molar-refractivity contribution >= 4 is 0 Å². The highest BCUT2D eigenvalue weighted by atomic mass is 16.5. The van der Waals surface area contributed by atoms with Gasteiger partial charge in [-0.2, -0.15) is 0 Å². The van der Waals surface area contributed by atoms with Crippen LogP contribution in [0.15, 0.2) is 0 Å². The van der Waals surface area contributed by atoms with Crippen LogP contribution >= 0.6 is 0 Å². The van der Waals surface area contributed by atoms with Gasteiger partial charge in [0, 0.05) is 13.2 Å². The summed E-state index contributed by atoms with van der Waals surface area (Å²) in [5.74, 6) is 0.900. The summed E-state index contributed by atoms with van der Waals surface area (Å²) in [6.45, 7) is 12.4. The molecule has 0 spiro atoms. The lowest BCUT2D eigenvalue weighted by Gasteiger charge is -2.06. The Balaban J connectivity index is 0. The molecule has 1 unspecified atom stereocenters. The van der Waals surface area contributed by atoms with Gasteiger partial charge >= 0.3 is 0 Å². The van der Waals surface area contributed by atoms with Gasteiger partial charge in [-0.05, 0) is 19.3 Å². The van der Waals surface area contributed by atoms with Gasteiger partial charge in [0.25, 0.3) is 0 Å². The summed E-state index contributed by atoms with van der Waals surface area (Å²) in [5, 5.41) is 0. The van der Waals surface area contributed by atoms with Crippen LogP contribution in [0.3, 0.4) is 0 Å². The normalized spacial score (nSPS) is 11.8. The molecule has 1 nitrogen and oxygen atoms in total. The zero-order valence-corrected chi connectivity index (χ0v) is 10.2. The minimum atomic E-state index is 0.864. The molecule has 1 heteroatoms. The largest absolute Gasteiger partial charge is 0.382 e. The van der Waals surface area contributed by atoms with E-state index in [4.69, 9.17) is 4.74 Å². The van der Waals surface area contributed by atoms with Crippen LogP contribution in [0.4, 0.5) is 0 Å². The first-order valence-electron chi connectivity index (χ1n) is 5.89. The molecule has 0 aliphatic rings. The number of ether oxygens (including phenoxy) is 1. The second kappa shape index (κ2) is 14.5. The molecule has 0 saturated carbocycles. The Morgan fingerprint density at radius 2 is 1.69 bits per heavy atom. The Hall–Kier alpha value is -0.0400. The van der Waals surface area contributed by atoms with Gasteiger partial charge < -0.3 is 4.74 Å². The summed E-state index contributed by atoms with van der Waals surface area (Å²) in [4.78, 5) is 0. The topological polar surface area (TPSA) is 9.23 Å². The predicted octanol–water partition coefficient (Wildman–Crippen LogP) is 4.27. The summed E-state index contributed by atoms with van der Waals surface area (Å²) >= 11 is 0. The maximum absolute atomic E-state index is 5.25. The van der Waals surface area contributed by atoms with E-state index in [0.717, 1.165) is 19.1 Å². The highest BCUT2D eigenvalue weighted by Crippen LogP contribution is 2.10. The SMILES string of the molecule is CC.CCOCCCCC(C)CC. The van der Waals surface area contributed by atoms with Crippen molar-refractivity contribution < 1.29 is 4.74 Å². The van der Waals surface area contributed by atoms with E-state index >= 15 is 0 Å². The first kappa shape index (κ1) is 15.4. The lowest BCUT2D eigenvalue weighted by molar-refractivity contribution is 0.142. The molecule has 0 aliphatic heterocycles. The molecule has 0 aromatic carbocycles. The van der Waals surface area contributed by atoms with Crippen molar-refractivity contribution in [2.24, 2.45) is 5.92 Å². The van der Waals surface area contributed by atoms with Crippen LogP contribution in [0.25, 0.3) is 0 Å². The second-order valence-electron chi connectivity index (χ2n) is 3.21. The summed E-state index contributed by atoms with van der Waals surface area (Å²) in [6, 6.07) is 0. The average molecular weight is 188 g/mol. The number of hydrogen-bond donors (Lipinski definition) is 0. The molecule has 0 aromatic rings. The van der Waals surface area contributed by atoms with Gasteiger partial charge in [-0.1, -0.05) is 47.0 Å². The van der Waals surface area contributed by atoms with Crippen LogP contribution in [0, 0.1) is 5.92 Å². The molecule has 1 atom stereocenters. The molecule has 0 rings (SSSR count). The van der Waals surface area contributed by atoms with Crippen LogP contribution in [0.2, 0.25) is 0 Å².